The van der Waals surface area contributed by atoms with Crippen LogP contribution in [0, 0.1) is 11.8 Å². The SMILES string of the molecule is CC1CCCN(CCCCNC(=O)C2CCCC(N)C2)C1.Cl.Cl. The summed E-state index contributed by atoms with van der Waals surface area (Å²) < 4.78 is 0. The number of carbonyl (C=O) groups is 1. The van der Waals surface area contributed by atoms with Crippen LogP contribution in [-0.2, 0) is 4.79 Å². The van der Waals surface area contributed by atoms with Crippen LogP contribution in [-0.4, -0.2) is 43.0 Å². The minimum Gasteiger partial charge on any atom is -0.356 e. The molecule has 0 aromatic carbocycles. The highest BCUT2D eigenvalue weighted by atomic mass is 35.5. The van der Waals surface area contributed by atoms with Crippen molar-refractivity contribution in [2.24, 2.45) is 17.6 Å². The Balaban J connectivity index is 0.00000242. The van der Waals surface area contributed by atoms with Crippen molar-refractivity contribution >= 4 is 30.7 Å². The molecule has 1 saturated heterocycles. The van der Waals surface area contributed by atoms with Gasteiger partial charge in [-0.05, 0) is 64.0 Å². The van der Waals surface area contributed by atoms with Gasteiger partial charge in [-0.2, -0.15) is 0 Å². The largest absolute Gasteiger partial charge is 0.356 e. The third kappa shape index (κ3) is 8.57. The standard InChI is InChI=1S/C17H33N3O.2ClH/c1-14-6-5-11-20(13-14)10-3-2-9-19-17(21)15-7-4-8-16(18)12-15;;/h14-16H,2-13,18H2,1H3,(H,19,21);2*1H. The Labute approximate surface area is 154 Å². The Morgan fingerprint density at radius 1 is 1.17 bits per heavy atom. The highest BCUT2D eigenvalue weighted by molar-refractivity contribution is 5.85. The van der Waals surface area contributed by atoms with Crippen LogP contribution in [0.15, 0.2) is 0 Å². The first-order chi connectivity index (χ1) is 10.1. The van der Waals surface area contributed by atoms with Crippen molar-refractivity contribution in [2.45, 2.75) is 64.3 Å². The summed E-state index contributed by atoms with van der Waals surface area (Å²) in [6.07, 6.45) is 9.09. The first-order valence-electron chi connectivity index (χ1n) is 8.91. The predicted octanol–water partition coefficient (Wildman–Crippen LogP) is 2.98. The lowest BCUT2D eigenvalue weighted by Gasteiger charge is -2.30. The lowest BCUT2D eigenvalue weighted by Crippen LogP contribution is -2.38. The summed E-state index contributed by atoms with van der Waals surface area (Å²) in [7, 11) is 0. The fourth-order valence-corrected chi connectivity index (χ4v) is 3.77. The third-order valence-electron chi connectivity index (χ3n) is 5.03. The molecule has 1 saturated carbocycles. The average molecular weight is 368 g/mol. The van der Waals surface area contributed by atoms with E-state index in [1.165, 1.54) is 38.9 Å². The maximum atomic E-state index is 12.1. The number of unbranched alkanes of at least 4 members (excludes halogenated alkanes) is 1. The fourth-order valence-electron chi connectivity index (χ4n) is 3.77. The molecule has 3 atom stereocenters. The first-order valence-corrected chi connectivity index (χ1v) is 8.91. The molecule has 4 nitrogen and oxygen atoms in total. The van der Waals surface area contributed by atoms with Crippen LogP contribution < -0.4 is 11.1 Å². The number of halogens is 2. The second kappa shape index (κ2) is 12.3. The molecule has 0 spiro atoms. The number of nitrogens with one attached hydrogen (secondary N) is 1. The van der Waals surface area contributed by atoms with E-state index >= 15 is 0 Å². The maximum Gasteiger partial charge on any atom is 0.223 e. The summed E-state index contributed by atoms with van der Waals surface area (Å²) in [5.74, 6) is 1.25. The van der Waals surface area contributed by atoms with E-state index in [0.29, 0.717) is 0 Å². The number of nitrogens with two attached hydrogens (primary N) is 1. The van der Waals surface area contributed by atoms with E-state index in [1.54, 1.807) is 0 Å². The van der Waals surface area contributed by atoms with Crippen LogP contribution in [0.25, 0.3) is 0 Å². The number of likely N-dealkylation sites (tertiary alicyclic amines) is 1. The number of piperidine rings is 1. The van der Waals surface area contributed by atoms with Gasteiger partial charge in [0.1, 0.15) is 0 Å². The number of amides is 1. The van der Waals surface area contributed by atoms with E-state index in [0.717, 1.165) is 44.6 Å². The molecule has 1 aliphatic heterocycles. The number of hydrogen-bond donors (Lipinski definition) is 2. The molecule has 1 amide bonds. The van der Waals surface area contributed by atoms with Crippen molar-refractivity contribution < 1.29 is 4.79 Å². The molecule has 3 N–H and O–H groups in total. The fraction of sp³-hybridized carbons (Fsp3) is 0.941. The molecule has 1 heterocycles. The zero-order valence-corrected chi connectivity index (χ0v) is 16.1. The van der Waals surface area contributed by atoms with Crippen molar-refractivity contribution in [3.63, 3.8) is 0 Å². The zero-order valence-electron chi connectivity index (χ0n) is 14.5. The Morgan fingerprint density at radius 3 is 2.65 bits per heavy atom. The van der Waals surface area contributed by atoms with Gasteiger partial charge in [-0.15, -0.1) is 24.8 Å². The topological polar surface area (TPSA) is 58.4 Å². The van der Waals surface area contributed by atoms with Gasteiger partial charge in [0.15, 0.2) is 0 Å². The quantitative estimate of drug-likeness (QED) is 0.709. The average Bonchev–Trinajstić information content (AvgIpc) is 2.47. The summed E-state index contributed by atoms with van der Waals surface area (Å²) in [5.41, 5.74) is 5.95. The summed E-state index contributed by atoms with van der Waals surface area (Å²) in [6.45, 7) is 6.88. The van der Waals surface area contributed by atoms with Gasteiger partial charge >= 0.3 is 0 Å². The second-order valence-electron chi connectivity index (χ2n) is 7.17. The van der Waals surface area contributed by atoms with Crippen molar-refractivity contribution in [3.05, 3.63) is 0 Å². The van der Waals surface area contributed by atoms with E-state index < -0.39 is 0 Å². The highest BCUT2D eigenvalue weighted by Gasteiger charge is 2.24. The summed E-state index contributed by atoms with van der Waals surface area (Å²) in [4.78, 5) is 14.7. The molecule has 3 unspecified atom stereocenters. The molecule has 2 rings (SSSR count). The molecule has 138 valence electrons. The van der Waals surface area contributed by atoms with Gasteiger partial charge in [-0.25, -0.2) is 0 Å². The van der Waals surface area contributed by atoms with Crippen molar-refractivity contribution in [3.8, 4) is 0 Å². The van der Waals surface area contributed by atoms with Crippen LogP contribution in [0.3, 0.4) is 0 Å². The minimum atomic E-state index is 0. The van der Waals surface area contributed by atoms with Crippen molar-refractivity contribution in [1.82, 2.24) is 10.2 Å². The molecule has 0 radical (unpaired) electrons. The summed E-state index contributed by atoms with van der Waals surface area (Å²) >= 11 is 0. The van der Waals surface area contributed by atoms with Crippen molar-refractivity contribution in [1.29, 1.82) is 0 Å². The molecule has 6 heteroatoms. The molecule has 2 aliphatic rings. The molecular weight excluding hydrogens is 333 g/mol. The summed E-state index contributed by atoms with van der Waals surface area (Å²) in [6, 6.07) is 0.232. The van der Waals surface area contributed by atoms with Gasteiger partial charge in [-0.3, -0.25) is 4.79 Å². The van der Waals surface area contributed by atoms with Crippen LogP contribution in [0.1, 0.15) is 58.3 Å². The zero-order chi connectivity index (χ0) is 15.1. The number of carbonyl (C=O) groups excluding carboxylic acids is 1. The molecule has 0 bridgehead atoms. The Hall–Kier alpha value is -0.0300. The number of rotatable bonds is 6. The van der Waals surface area contributed by atoms with Crippen LogP contribution in [0.2, 0.25) is 0 Å². The molecule has 23 heavy (non-hydrogen) atoms. The van der Waals surface area contributed by atoms with E-state index in [9.17, 15) is 4.79 Å². The van der Waals surface area contributed by atoms with Gasteiger partial charge < -0.3 is 16.0 Å². The highest BCUT2D eigenvalue weighted by Crippen LogP contribution is 2.23. The van der Waals surface area contributed by atoms with E-state index in [4.69, 9.17) is 5.73 Å². The Bertz CT molecular complexity index is 331. The molecule has 1 aliphatic carbocycles. The minimum absolute atomic E-state index is 0. The van der Waals surface area contributed by atoms with E-state index in [-0.39, 0.29) is 42.7 Å². The normalized spacial score (nSPS) is 28.3. The molecule has 0 aromatic rings. The van der Waals surface area contributed by atoms with E-state index in [2.05, 4.69) is 17.1 Å². The van der Waals surface area contributed by atoms with Gasteiger partial charge in [0, 0.05) is 25.0 Å². The summed E-state index contributed by atoms with van der Waals surface area (Å²) in [5, 5.41) is 3.11. The van der Waals surface area contributed by atoms with Gasteiger partial charge in [0.2, 0.25) is 5.91 Å². The van der Waals surface area contributed by atoms with Gasteiger partial charge in [0.05, 0.1) is 0 Å². The third-order valence-corrected chi connectivity index (χ3v) is 5.03. The predicted molar refractivity (Wildman–Crippen MR) is 102 cm³/mol. The maximum absolute atomic E-state index is 12.1. The Kier molecular flexibility index (Phi) is 12.3. The lowest BCUT2D eigenvalue weighted by atomic mass is 9.85. The smallest absolute Gasteiger partial charge is 0.223 e. The Morgan fingerprint density at radius 2 is 1.96 bits per heavy atom. The van der Waals surface area contributed by atoms with Crippen LogP contribution in [0.4, 0.5) is 0 Å². The monoisotopic (exact) mass is 367 g/mol. The van der Waals surface area contributed by atoms with E-state index in [1.807, 2.05) is 0 Å². The van der Waals surface area contributed by atoms with Crippen molar-refractivity contribution in [2.75, 3.05) is 26.2 Å². The second-order valence-corrected chi connectivity index (χ2v) is 7.17. The van der Waals surface area contributed by atoms with Crippen LogP contribution >= 0.6 is 24.8 Å². The molecule has 0 aromatic heterocycles. The van der Waals surface area contributed by atoms with Gasteiger partial charge in [0.25, 0.3) is 0 Å². The first kappa shape index (κ1) is 23.0. The molecular formula is C17H35Cl2N3O. The number of hydrogen-bond acceptors (Lipinski definition) is 3. The lowest BCUT2D eigenvalue weighted by molar-refractivity contribution is -0.126. The molecule has 2 fully saturated rings. The number of nitrogens with zero attached hydrogens (tertiary/aromatic N) is 1. The van der Waals surface area contributed by atoms with Crippen LogP contribution in [0.5, 0.6) is 0 Å². The van der Waals surface area contributed by atoms with Gasteiger partial charge in [-0.1, -0.05) is 13.3 Å².